The van der Waals surface area contributed by atoms with E-state index in [0.29, 0.717) is 19.7 Å². The smallest absolute Gasteiger partial charge is 0.494 e. The minimum absolute atomic E-state index is 0.0529. The first-order valence-electron chi connectivity index (χ1n) is 10.3. The standard InChI is InChI=1S/C22H25F2N3O4/c1-2-29-18-6-4-17(5-7-18)25-21(28)15-27-11-9-26(10-12-27)14-16-3-8-19-20(13-16)31-22(23,24)30-19/h3-8,13H,2,9-12,14-15H2,1H3,(H,25,28). The number of hydrogen-bond donors (Lipinski definition) is 1. The Bertz CT molecular complexity index is 915. The fraction of sp³-hybridized carbons (Fsp3) is 0.409. The number of amides is 1. The summed E-state index contributed by atoms with van der Waals surface area (Å²) in [4.78, 5) is 16.7. The zero-order valence-corrected chi connectivity index (χ0v) is 17.3. The van der Waals surface area contributed by atoms with Crippen molar-refractivity contribution in [2.75, 3.05) is 44.6 Å². The predicted octanol–water partition coefficient (Wildman–Crippen LogP) is 3.16. The summed E-state index contributed by atoms with van der Waals surface area (Å²) in [6.07, 6.45) is -3.60. The van der Waals surface area contributed by atoms with Gasteiger partial charge in [-0.15, -0.1) is 8.78 Å². The highest BCUT2D eigenvalue weighted by Gasteiger charge is 2.43. The molecule has 2 heterocycles. The Kier molecular flexibility index (Phi) is 6.24. The lowest BCUT2D eigenvalue weighted by Crippen LogP contribution is -2.48. The third kappa shape index (κ3) is 5.62. The number of alkyl halides is 2. The number of hydrogen-bond acceptors (Lipinski definition) is 6. The van der Waals surface area contributed by atoms with Gasteiger partial charge in [0.1, 0.15) is 5.75 Å². The van der Waals surface area contributed by atoms with Crippen LogP contribution in [-0.4, -0.2) is 61.3 Å². The van der Waals surface area contributed by atoms with Crippen LogP contribution >= 0.6 is 0 Å². The van der Waals surface area contributed by atoms with Gasteiger partial charge in [-0.1, -0.05) is 6.07 Å². The molecule has 31 heavy (non-hydrogen) atoms. The van der Waals surface area contributed by atoms with Crippen molar-refractivity contribution in [2.45, 2.75) is 19.8 Å². The van der Waals surface area contributed by atoms with E-state index in [1.807, 2.05) is 31.2 Å². The maximum Gasteiger partial charge on any atom is 0.586 e. The second-order valence-corrected chi connectivity index (χ2v) is 7.51. The molecule has 1 fully saturated rings. The van der Waals surface area contributed by atoms with Gasteiger partial charge in [-0.05, 0) is 48.9 Å². The van der Waals surface area contributed by atoms with Crippen LogP contribution in [0.15, 0.2) is 42.5 Å². The number of nitrogens with one attached hydrogen (secondary N) is 1. The lowest BCUT2D eigenvalue weighted by Gasteiger charge is -2.34. The van der Waals surface area contributed by atoms with E-state index in [1.54, 1.807) is 12.1 Å². The zero-order chi connectivity index (χ0) is 21.8. The molecule has 7 nitrogen and oxygen atoms in total. The van der Waals surface area contributed by atoms with E-state index in [0.717, 1.165) is 43.2 Å². The average molecular weight is 433 g/mol. The van der Waals surface area contributed by atoms with Crippen molar-refractivity contribution in [2.24, 2.45) is 0 Å². The van der Waals surface area contributed by atoms with Crippen molar-refractivity contribution < 1.29 is 27.8 Å². The summed E-state index contributed by atoms with van der Waals surface area (Å²) < 4.78 is 40.7. The van der Waals surface area contributed by atoms with Crippen LogP contribution in [0.1, 0.15) is 12.5 Å². The molecular formula is C22H25F2N3O4. The SMILES string of the molecule is CCOc1ccc(NC(=O)CN2CCN(Cc3ccc4c(c3)OC(F)(F)O4)CC2)cc1. The molecule has 2 aliphatic heterocycles. The maximum absolute atomic E-state index is 13.2. The third-order valence-corrected chi connectivity index (χ3v) is 5.15. The molecule has 0 atom stereocenters. The molecule has 9 heteroatoms. The van der Waals surface area contributed by atoms with Gasteiger partial charge in [0, 0.05) is 38.4 Å². The van der Waals surface area contributed by atoms with Crippen LogP contribution in [0.5, 0.6) is 17.2 Å². The third-order valence-electron chi connectivity index (χ3n) is 5.15. The molecular weight excluding hydrogens is 408 g/mol. The molecule has 166 valence electrons. The summed E-state index contributed by atoms with van der Waals surface area (Å²) in [5, 5.41) is 2.90. The van der Waals surface area contributed by atoms with E-state index < -0.39 is 6.29 Å². The summed E-state index contributed by atoms with van der Waals surface area (Å²) >= 11 is 0. The van der Waals surface area contributed by atoms with Gasteiger partial charge in [0.05, 0.1) is 13.2 Å². The number of rotatable bonds is 7. The van der Waals surface area contributed by atoms with Crippen LogP contribution < -0.4 is 19.5 Å². The van der Waals surface area contributed by atoms with Gasteiger partial charge in [0.15, 0.2) is 11.5 Å². The summed E-state index contributed by atoms with van der Waals surface area (Å²) in [6, 6.07) is 12.2. The fourth-order valence-electron chi connectivity index (χ4n) is 3.66. The Morgan fingerprint density at radius 3 is 2.42 bits per heavy atom. The molecule has 0 spiro atoms. The quantitative estimate of drug-likeness (QED) is 0.724. The number of nitrogens with zero attached hydrogens (tertiary/aromatic N) is 2. The van der Waals surface area contributed by atoms with Gasteiger partial charge in [0.25, 0.3) is 0 Å². The minimum atomic E-state index is -3.60. The summed E-state index contributed by atoms with van der Waals surface area (Å²) in [6.45, 7) is 6.52. The first kappa shape index (κ1) is 21.3. The molecule has 0 radical (unpaired) electrons. The van der Waals surface area contributed by atoms with Crippen LogP contribution in [0, 0.1) is 0 Å². The van der Waals surface area contributed by atoms with Crippen LogP contribution in [0.3, 0.4) is 0 Å². The van der Waals surface area contributed by atoms with Crippen LogP contribution in [0.4, 0.5) is 14.5 Å². The minimum Gasteiger partial charge on any atom is -0.494 e. The van der Waals surface area contributed by atoms with E-state index in [4.69, 9.17) is 4.74 Å². The van der Waals surface area contributed by atoms with Crippen LogP contribution in [0.2, 0.25) is 0 Å². The van der Waals surface area contributed by atoms with Gasteiger partial charge in [-0.25, -0.2) is 0 Å². The molecule has 1 amide bonds. The topological polar surface area (TPSA) is 63.3 Å². The van der Waals surface area contributed by atoms with Crippen LogP contribution in [-0.2, 0) is 11.3 Å². The second-order valence-electron chi connectivity index (χ2n) is 7.51. The number of anilines is 1. The fourth-order valence-corrected chi connectivity index (χ4v) is 3.66. The Morgan fingerprint density at radius 1 is 1.03 bits per heavy atom. The molecule has 0 aromatic heterocycles. The van der Waals surface area contributed by atoms with E-state index in [1.165, 1.54) is 6.07 Å². The molecule has 2 aliphatic rings. The van der Waals surface area contributed by atoms with Crippen molar-refractivity contribution in [1.82, 2.24) is 9.80 Å². The number of ether oxygens (including phenoxy) is 3. The highest BCUT2D eigenvalue weighted by atomic mass is 19.3. The highest BCUT2D eigenvalue weighted by molar-refractivity contribution is 5.92. The molecule has 0 aliphatic carbocycles. The normalized spacial score (nSPS) is 18.0. The Hall–Kier alpha value is -2.91. The number of benzene rings is 2. The van der Waals surface area contributed by atoms with Gasteiger partial charge >= 0.3 is 6.29 Å². The summed E-state index contributed by atoms with van der Waals surface area (Å²) in [5.74, 6) is 0.825. The molecule has 2 aromatic carbocycles. The Balaban J connectivity index is 1.21. The van der Waals surface area contributed by atoms with Gasteiger partial charge in [-0.2, -0.15) is 0 Å². The van der Waals surface area contributed by atoms with Gasteiger partial charge in [-0.3, -0.25) is 14.6 Å². The van der Waals surface area contributed by atoms with Crippen molar-refractivity contribution in [3.05, 3.63) is 48.0 Å². The van der Waals surface area contributed by atoms with E-state index >= 15 is 0 Å². The Labute approximate surface area is 179 Å². The van der Waals surface area contributed by atoms with Gasteiger partial charge < -0.3 is 19.5 Å². The number of carbonyl (C=O) groups is 1. The second kappa shape index (κ2) is 9.07. The number of fused-ring (bicyclic) bond motifs is 1. The van der Waals surface area contributed by atoms with E-state index in [-0.39, 0.29) is 17.4 Å². The van der Waals surface area contributed by atoms with Crippen molar-refractivity contribution in [3.63, 3.8) is 0 Å². The molecule has 0 bridgehead atoms. The summed E-state index contributed by atoms with van der Waals surface area (Å²) in [7, 11) is 0. The predicted molar refractivity (Wildman–Crippen MR) is 111 cm³/mol. The molecule has 1 saturated heterocycles. The lowest BCUT2D eigenvalue weighted by molar-refractivity contribution is -0.286. The molecule has 1 N–H and O–H groups in total. The summed E-state index contributed by atoms with van der Waals surface area (Å²) in [5.41, 5.74) is 1.61. The average Bonchev–Trinajstić information content (AvgIpc) is 3.04. The largest absolute Gasteiger partial charge is 0.586 e. The number of halogens is 2. The van der Waals surface area contributed by atoms with Crippen molar-refractivity contribution in [3.8, 4) is 17.2 Å². The lowest BCUT2D eigenvalue weighted by atomic mass is 10.1. The molecule has 2 aromatic rings. The van der Waals surface area contributed by atoms with Gasteiger partial charge in [0.2, 0.25) is 5.91 Å². The number of piperazine rings is 1. The number of carbonyl (C=O) groups excluding carboxylic acids is 1. The Morgan fingerprint density at radius 2 is 1.71 bits per heavy atom. The monoisotopic (exact) mass is 433 g/mol. The molecule has 4 rings (SSSR count). The van der Waals surface area contributed by atoms with Crippen molar-refractivity contribution >= 4 is 11.6 Å². The molecule has 0 unspecified atom stereocenters. The first-order chi connectivity index (χ1) is 14.9. The molecule has 0 saturated carbocycles. The highest BCUT2D eigenvalue weighted by Crippen LogP contribution is 2.41. The van der Waals surface area contributed by atoms with Crippen molar-refractivity contribution in [1.29, 1.82) is 0 Å². The van der Waals surface area contributed by atoms with E-state index in [2.05, 4.69) is 24.6 Å². The first-order valence-corrected chi connectivity index (χ1v) is 10.3. The van der Waals surface area contributed by atoms with E-state index in [9.17, 15) is 13.6 Å². The zero-order valence-electron chi connectivity index (χ0n) is 17.3. The van der Waals surface area contributed by atoms with Crippen LogP contribution in [0.25, 0.3) is 0 Å². The maximum atomic E-state index is 13.2.